The lowest BCUT2D eigenvalue weighted by Crippen LogP contribution is -2.40. The summed E-state index contributed by atoms with van der Waals surface area (Å²) in [5.41, 5.74) is 6.06. The van der Waals surface area contributed by atoms with Gasteiger partial charge < -0.3 is 15.6 Å². The van der Waals surface area contributed by atoms with Crippen LogP contribution in [0.5, 0.6) is 0 Å². The largest absolute Gasteiger partial charge is 0.347 e. The van der Waals surface area contributed by atoms with E-state index in [1.54, 1.807) is 11.6 Å². The quantitative estimate of drug-likeness (QED) is 0.724. The maximum atomic E-state index is 12.8. The SMILES string of the molecule is CCCCC(CN)NC(=O)c1cc(S(=O)(=O)N2CCCCC2)cn1C. The highest BCUT2D eigenvalue weighted by Crippen LogP contribution is 2.22. The number of nitrogens with two attached hydrogens (primary N) is 1. The fourth-order valence-electron chi connectivity index (χ4n) is 3.11. The van der Waals surface area contributed by atoms with Gasteiger partial charge in [-0.25, -0.2) is 8.42 Å². The van der Waals surface area contributed by atoms with Gasteiger partial charge in [-0.3, -0.25) is 4.79 Å². The molecule has 1 unspecified atom stereocenters. The number of nitrogens with one attached hydrogen (secondary N) is 1. The summed E-state index contributed by atoms with van der Waals surface area (Å²) in [5, 5.41) is 2.91. The number of hydrogen-bond acceptors (Lipinski definition) is 4. The van der Waals surface area contributed by atoms with E-state index in [1.807, 2.05) is 0 Å². The molecular weight excluding hydrogens is 340 g/mol. The molecule has 25 heavy (non-hydrogen) atoms. The Labute approximate surface area is 150 Å². The van der Waals surface area contributed by atoms with Crippen LogP contribution in [-0.4, -0.2) is 48.9 Å². The van der Waals surface area contributed by atoms with Gasteiger partial charge in [0.1, 0.15) is 10.6 Å². The maximum absolute atomic E-state index is 12.8. The highest BCUT2D eigenvalue weighted by atomic mass is 32.2. The van der Waals surface area contributed by atoms with Crippen molar-refractivity contribution in [2.45, 2.75) is 56.4 Å². The van der Waals surface area contributed by atoms with Crippen LogP contribution in [0.15, 0.2) is 17.2 Å². The lowest BCUT2D eigenvalue weighted by atomic mass is 10.1. The van der Waals surface area contributed by atoms with Crippen molar-refractivity contribution in [3.8, 4) is 0 Å². The Morgan fingerprint density at radius 3 is 2.60 bits per heavy atom. The molecule has 8 heteroatoms. The molecule has 1 amide bonds. The highest BCUT2D eigenvalue weighted by molar-refractivity contribution is 7.89. The molecule has 7 nitrogen and oxygen atoms in total. The maximum Gasteiger partial charge on any atom is 0.268 e. The molecule has 2 heterocycles. The third-order valence-corrected chi connectivity index (χ3v) is 6.56. The molecule has 1 aliphatic rings. The number of nitrogens with zero attached hydrogens (tertiary/aromatic N) is 2. The molecule has 2 rings (SSSR count). The van der Waals surface area contributed by atoms with E-state index in [0.717, 1.165) is 38.5 Å². The normalized spacial score (nSPS) is 17.4. The Morgan fingerprint density at radius 1 is 1.32 bits per heavy atom. The van der Waals surface area contributed by atoms with E-state index in [1.165, 1.54) is 16.6 Å². The van der Waals surface area contributed by atoms with Crippen LogP contribution in [0.3, 0.4) is 0 Å². The minimum Gasteiger partial charge on any atom is -0.347 e. The van der Waals surface area contributed by atoms with Crippen molar-refractivity contribution in [2.75, 3.05) is 19.6 Å². The Hall–Kier alpha value is -1.38. The van der Waals surface area contributed by atoms with Gasteiger partial charge in [-0.1, -0.05) is 26.2 Å². The van der Waals surface area contributed by atoms with Gasteiger partial charge >= 0.3 is 0 Å². The number of aromatic nitrogens is 1. The van der Waals surface area contributed by atoms with Crippen LogP contribution in [0, 0.1) is 0 Å². The number of hydrogen-bond donors (Lipinski definition) is 2. The molecule has 1 aliphatic heterocycles. The molecule has 0 aliphatic carbocycles. The van der Waals surface area contributed by atoms with E-state index in [2.05, 4.69) is 12.2 Å². The molecule has 1 fully saturated rings. The average molecular weight is 371 g/mol. The molecule has 1 aromatic rings. The lowest BCUT2D eigenvalue weighted by Gasteiger charge is -2.25. The second kappa shape index (κ2) is 8.82. The van der Waals surface area contributed by atoms with Crippen molar-refractivity contribution in [2.24, 2.45) is 12.8 Å². The fourth-order valence-corrected chi connectivity index (χ4v) is 4.70. The summed E-state index contributed by atoms with van der Waals surface area (Å²) >= 11 is 0. The van der Waals surface area contributed by atoms with Crippen LogP contribution in [0.4, 0.5) is 0 Å². The molecule has 1 atom stereocenters. The van der Waals surface area contributed by atoms with Crippen LogP contribution in [0.2, 0.25) is 0 Å². The smallest absolute Gasteiger partial charge is 0.268 e. The van der Waals surface area contributed by atoms with Crippen LogP contribution >= 0.6 is 0 Å². The van der Waals surface area contributed by atoms with Crippen molar-refractivity contribution < 1.29 is 13.2 Å². The topological polar surface area (TPSA) is 97.4 Å². The van der Waals surface area contributed by atoms with Gasteiger partial charge in [0.15, 0.2) is 0 Å². The first-order valence-corrected chi connectivity index (χ1v) is 10.5. The van der Waals surface area contributed by atoms with E-state index < -0.39 is 10.0 Å². The van der Waals surface area contributed by atoms with Crippen LogP contribution in [-0.2, 0) is 17.1 Å². The first kappa shape index (κ1) is 19.9. The van der Waals surface area contributed by atoms with E-state index in [-0.39, 0.29) is 16.8 Å². The van der Waals surface area contributed by atoms with Crippen molar-refractivity contribution in [1.82, 2.24) is 14.2 Å². The first-order chi connectivity index (χ1) is 11.9. The third kappa shape index (κ3) is 4.83. The second-order valence-corrected chi connectivity index (χ2v) is 8.62. The van der Waals surface area contributed by atoms with Gasteiger partial charge in [0.25, 0.3) is 5.91 Å². The zero-order valence-electron chi connectivity index (χ0n) is 15.2. The summed E-state index contributed by atoms with van der Waals surface area (Å²) in [7, 11) is -1.85. The van der Waals surface area contributed by atoms with Crippen molar-refractivity contribution in [3.05, 3.63) is 18.0 Å². The molecule has 0 aromatic carbocycles. The number of carbonyl (C=O) groups excluding carboxylic acids is 1. The molecule has 1 saturated heterocycles. The Morgan fingerprint density at radius 2 is 2.00 bits per heavy atom. The molecule has 0 spiro atoms. The number of sulfonamides is 1. The van der Waals surface area contributed by atoms with Crippen LogP contribution < -0.4 is 11.1 Å². The number of piperidine rings is 1. The van der Waals surface area contributed by atoms with E-state index in [0.29, 0.717) is 25.3 Å². The summed E-state index contributed by atoms with van der Waals surface area (Å²) in [6.07, 6.45) is 7.19. The first-order valence-electron chi connectivity index (χ1n) is 9.07. The van der Waals surface area contributed by atoms with Crippen LogP contribution in [0.25, 0.3) is 0 Å². The second-order valence-electron chi connectivity index (χ2n) is 6.69. The average Bonchev–Trinajstić information content (AvgIpc) is 3.02. The standard InChI is InChI=1S/C17H30N4O3S/c1-3-4-8-14(12-18)19-17(22)16-11-15(13-20(16)2)25(23,24)21-9-6-5-7-10-21/h11,13-14H,3-10,12,18H2,1-2H3,(H,19,22). The monoisotopic (exact) mass is 370 g/mol. The van der Waals surface area contributed by atoms with Gasteiger partial charge in [-0.15, -0.1) is 0 Å². The predicted molar refractivity (Wildman–Crippen MR) is 97.9 cm³/mol. The van der Waals surface area contributed by atoms with E-state index in [4.69, 9.17) is 5.73 Å². The zero-order chi connectivity index (χ0) is 18.4. The minimum atomic E-state index is -3.54. The third-order valence-electron chi connectivity index (χ3n) is 4.69. The van der Waals surface area contributed by atoms with E-state index in [9.17, 15) is 13.2 Å². The molecular formula is C17H30N4O3S. The fraction of sp³-hybridized carbons (Fsp3) is 0.706. The number of aryl methyl sites for hydroxylation is 1. The highest BCUT2D eigenvalue weighted by Gasteiger charge is 2.28. The van der Waals surface area contributed by atoms with Crippen molar-refractivity contribution in [3.63, 3.8) is 0 Å². The molecule has 142 valence electrons. The number of amides is 1. The van der Waals surface area contributed by atoms with Gasteiger partial charge in [-0.2, -0.15) is 4.31 Å². The summed E-state index contributed by atoms with van der Waals surface area (Å²) in [6, 6.07) is 1.37. The number of carbonyl (C=O) groups is 1. The van der Waals surface area contributed by atoms with E-state index >= 15 is 0 Å². The zero-order valence-corrected chi connectivity index (χ0v) is 16.0. The Kier molecular flexibility index (Phi) is 7.04. The summed E-state index contributed by atoms with van der Waals surface area (Å²) in [5.74, 6) is -0.283. The van der Waals surface area contributed by atoms with Gasteiger partial charge in [-0.05, 0) is 25.3 Å². The van der Waals surface area contributed by atoms with Gasteiger partial charge in [0.2, 0.25) is 10.0 Å². The molecule has 0 radical (unpaired) electrons. The summed E-state index contributed by atoms with van der Waals surface area (Å²) in [6.45, 7) is 3.55. The molecule has 1 aromatic heterocycles. The minimum absolute atomic E-state index is 0.0931. The Balaban J connectivity index is 2.14. The lowest BCUT2D eigenvalue weighted by molar-refractivity contribution is 0.0927. The number of unbranched alkanes of at least 4 members (excludes halogenated alkanes) is 1. The summed E-state index contributed by atoms with van der Waals surface area (Å²) in [4.78, 5) is 12.7. The summed E-state index contributed by atoms with van der Waals surface area (Å²) < 4.78 is 28.6. The van der Waals surface area contributed by atoms with Gasteiger partial charge in [0.05, 0.1) is 0 Å². The number of rotatable bonds is 8. The predicted octanol–water partition coefficient (Wildman–Crippen LogP) is 1.45. The van der Waals surface area contributed by atoms with Crippen molar-refractivity contribution in [1.29, 1.82) is 0 Å². The van der Waals surface area contributed by atoms with Gasteiger partial charge in [0, 0.05) is 38.9 Å². The molecule has 0 bridgehead atoms. The van der Waals surface area contributed by atoms with Crippen molar-refractivity contribution >= 4 is 15.9 Å². The molecule has 0 saturated carbocycles. The van der Waals surface area contributed by atoms with Crippen LogP contribution in [0.1, 0.15) is 55.9 Å². The molecule has 3 N–H and O–H groups in total. The Bertz CT molecular complexity index is 678.